The van der Waals surface area contributed by atoms with Crippen LogP contribution >= 0.6 is 0 Å². The number of rotatable bonds is 5. The van der Waals surface area contributed by atoms with Crippen molar-refractivity contribution in [3.63, 3.8) is 0 Å². The molecule has 1 unspecified atom stereocenters. The number of carbonyl (C=O) groups excluding carboxylic acids is 1. The van der Waals surface area contributed by atoms with Crippen molar-refractivity contribution in [3.8, 4) is 0 Å². The van der Waals surface area contributed by atoms with Crippen LogP contribution in [0, 0.1) is 0 Å². The van der Waals surface area contributed by atoms with Crippen molar-refractivity contribution in [2.45, 2.75) is 19.4 Å². The molecule has 1 saturated heterocycles. The van der Waals surface area contributed by atoms with E-state index in [2.05, 4.69) is 5.32 Å². The van der Waals surface area contributed by atoms with E-state index >= 15 is 0 Å². The highest BCUT2D eigenvalue weighted by Crippen LogP contribution is 2.09. The van der Waals surface area contributed by atoms with Crippen LogP contribution in [0.15, 0.2) is 0 Å². The number of nitrogens with one attached hydrogen (secondary N) is 1. The number of morpholine rings is 1. The number of ether oxygens (including phenoxy) is 1. The zero-order valence-corrected chi connectivity index (χ0v) is 9.44. The number of likely N-dealkylation sites (N-methyl/N-ethyl adjacent to an activating group) is 1. The molecule has 0 aliphatic carbocycles. The van der Waals surface area contributed by atoms with E-state index in [-0.39, 0.29) is 24.9 Å². The minimum absolute atomic E-state index is 0.0133. The second-order valence-electron chi connectivity index (χ2n) is 3.75. The Morgan fingerprint density at radius 1 is 1.56 bits per heavy atom. The molecular formula is C10H18N2O4. The summed E-state index contributed by atoms with van der Waals surface area (Å²) in [7, 11) is 0. The standard InChI is InChI=1S/C10H18N2O4/c1-2-11-9(13)6-12-3-4-16-7-8(12)5-10(14)15/h8H,2-7H2,1H3,(H,11,13)(H,14,15). The van der Waals surface area contributed by atoms with Gasteiger partial charge in [0.25, 0.3) is 0 Å². The molecule has 16 heavy (non-hydrogen) atoms. The molecule has 1 aliphatic rings. The molecule has 1 fully saturated rings. The summed E-state index contributed by atoms with van der Waals surface area (Å²) >= 11 is 0. The van der Waals surface area contributed by atoms with Gasteiger partial charge < -0.3 is 15.2 Å². The fourth-order valence-corrected chi connectivity index (χ4v) is 1.72. The molecule has 1 rings (SSSR count). The van der Waals surface area contributed by atoms with Crippen molar-refractivity contribution in [2.24, 2.45) is 0 Å². The summed E-state index contributed by atoms with van der Waals surface area (Å²) < 4.78 is 5.22. The molecule has 0 aromatic rings. The minimum Gasteiger partial charge on any atom is -0.481 e. The Labute approximate surface area is 94.6 Å². The first-order valence-electron chi connectivity index (χ1n) is 5.43. The third-order valence-electron chi connectivity index (χ3n) is 2.48. The fourth-order valence-electron chi connectivity index (χ4n) is 1.72. The van der Waals surface area contributed by atoms with E-state index in [4.69, 9.17) is 9.84 Å². The molecule has 0 aromatic heterocycles. The lowest BCUT2D eigenvalue weighted by atomic mass is 10.1. The van der Waals surface area contributed by atoms with E-state index in [9.17, 15) is 9.59 Å². The Morgan fingerprint density at radius 2 is 2.31 bits per heavy atom. The van der Waals surface area contributed by atoms with Crippen molar-refractivity contribution in [1.29, 1.82) is 0 Å². The van der Waals surface area contributed by atoms with Gasteiger partial charge in [-0.05, 0) is 6.92 Å². The van der Waals surface area contributed by atoms with Gasteiger partial charge in [-0.15, -0.1) is 0 Å². The van der Waals surface area contributed by atoms with Gasteiger partial charge in [-0.1, -0.05) is 0 Å². The van der Waals surface area contributed by atoms with Gasteiger partial charge in [-0.25, -0.2) is 0 Å². The van der Waals surface area contributed by atoms with Crippen LogP contribution in [0.3, 0.4) is 0 Å². The van der Waals surface area contributed by atoms with Crippen molar-refractivity contribution in [2.75, 3.05) is 32.8 Å². The van der Waals surface area contributed by atoms with Gasteiger partial charge in [-0.3, -0.25) is 14.5 Å². The van der Waals surface area contributed by atoms with Crippen molar-refractivity contribution in [3.05, 3.63) is 0 Å². The van der Waals surface area contributed by atoms with Gasteiger partial charge in [-0.2, -0.15) is 0 Å². The molecule has 0 bridgehead atoms. The summed E-state index contributed by atoms with van der Waals surface area (Å²) in [6, 6.07) is -0.200. The fraction of sp³-hybridized carbons (Fsp3) is 0.800. The summed E-state index contributed by atoms with van der Waals surface area (Å²) in [4.78, 5) is 23.9. The number of carbonyl (C=O) groups is 2. The van der Waals surface area contributed by atoms with E-state index in [0.717, 1.165) is 0 Å². The van der Waals surface area contributed by atoms with Crippen LogP contribution in [-0.2, 0) is 14.3 Å². The van der Waals surface area contributed by atoms with Crippen molar-refractivity contribution < 1.29 is 19.4 Å². The van der Waals surface area contributed by atoms with Gasteiger partial charge in [0.2, 0.25) is 5.91 Å². The maximum atomic E-state index is 11.4. The Kier molecular flexibility index (Phi) is 5.21. The van der Waals surface area contributed by atoms with E-state index in [0.29, 0.717) is 26.3 Å². The van der Waals surface area contributed by atoms with E-state index in [1.807, 2.05) is 11.8 Å². The van der Waals surface area contributed by atoms with Crippen LogP contribution in [-0.4, -0.2) is 60.8 Å². The summed E-state index contributed by atoms with van der Waals surface area (Å²) in [6.45, 7) is 4.23. The third-order valence-corrected chi connectivity index (χ3v) is 2.48. The highest BCUT2D eigenvalue weighted by atomic mass is 16.5. The maximum absolute atomic E-state index is 11.4. The molecule has 2 N–H and O–H groups in total. The number of nitrogens with zero attached hydrogens (tertiary/aromatic N) is 1. The Morgan fingerprint density at radius 3 is 2.94 bits per heavy atom. The van der Waals surface area contributed by atoms with E-state index in [1.54, 1.807) is 0 Å². The number of hydrogen-bond donors (Lipinski definition) is 2. The third kappa shape index (κ3) is 4.16. The lowest BCUT2D eigenvalue weighted by Crippen LogP contribution is -2.50. The first kappa shape index (κ1) is 12.9. The quantitative estimate of drug-likeness (QED) is 0.653. The number of amides is 1. The highest BCUT2D eigenvalue weighted by Gasteiger charge is 2.26. The van der Waals surface area contributed by atoms with Crippen LogP contribution < -0.4 is 5.32 Å². The zero-order valence-electron chi connectivity index (χ0n) is 9.44. The van der Waals surface area contributed by atoms with Crippen LogP contribution in [0.4, 0.5) is 0 Å². The smallest absolute Gasteiger partial charge is 0.305 e. The van der Waals surface area contributed by atoms with Crippen LogP contribution in [0.1, 0.15) is 13.3 Å². The topological polar surface area (TPSA) is 78.9 Å². The van der Waals surface area contributed by atoms with Gasteiger partial charge in [0.1, 0.15) is 0 Å². The molecule has 0 radical (unpaired) electrons. The van der Waals surface area contributed by atoms with E-state index in [1.165, 1.54) is 0 Å². The van der Waals surface area contributed by atoms with Crippen LogP contribution in [0.5, 0.6) is 0 Å². The highest BCUT2D eigenvalue weighted by molar-refractivity contribution is 5.78. The number of carboxylic acids is 1. The molecule has 92 valence electrons. The predicted molar refractivity (Wildman–Crippen MR) is 57.1 cm³/mol. The second kappa shape index (κ2) is 6.44. The molecule has 1 heterocycles. The first-order valence-corrected chi connectivity index (χ1v) is 5.43. The summed E-state index contributed by atoms with van der Waals surface area (Å²) in [5, 5.41) is 11.4. The first-order chi connectivity index (χ1) is 7.63. The number of aliphatic carboxylic acids is 1. The molecule has 0 spiro atoms. The molecule has 6 nitrogen and oxygen atoms in total. The zero-order chi connectivity index (χ0) is 12.0. The lowest BCUT2D eigenvalue weighted by Gasteiger charge is -2.34. The summed E-state index contributed by atoms with van der Waals surface area (Å²) in [5.74, 6) is -0.934. The van der Waals surface area contributed by atoms with Crippen LogP contribution in [0.25, 0.3) is 0 Å². The van der Waals surface area contributed by atoms with E-state index < -0.39 is 5.97 Å². The normalized spacial score (nSPS) is 21.7. The lowest BCUT2D eigenvalue weighted by molar-refractivity contribution is -0.141. The Balaban J connectivity index is 2.46. The summed E-state index contributed by atoms with van der Waals surface area (Å²) in [5.41, 5.74) is 0. The van der Waals surface area contributed by atoms with Gasteiger partial charge in [0, 0.05) is 19.1 Å². The Hall–Kier alpha value is -1.14. The van der Waals surface area contributed by atoms with Crippen LogP contribution in [0.2, 0.25) is 0 Å². The molecule has 0 saturated carbocycles. The SMILES string of the molecule is CCNC(=O)CN1CCOCC1CC(=O)O. The number of hydrogen-bond acceptors (Lipinski definition) is 4. The van der Waals surface area contributed by atoms with Crippen molar-refractivity contribution >= 4 is 11.9 Å². The van der Waals surface area contributed by atoms with Crippen molar-refractivity contribution in [1.82, 2.24) is 10.2 Å². The molecule has 1 aliphatic heterocycles. The molecular weight excluding hydrogens is 212 g/mol. The molecule has 0 aromatic carbocycles. The molecule has 1 amide bonds. The number of carboxylic acid groups (broad SMARTS) is 1. The maximum Gasteiger partial charge on any atom is 0.305 e. The summed E-state index contributed by atoms with van der Waals surface area (Å²) in [6.07, 6.45) is 0.0133. The average molecular weight is 230 g/mol. The monoisotopic (exact) mass is 230 g/mol. The Bertz CT molecular complexity index is 257. The van der Waals surface area contributed by atoms with Gasteiger partial charge in [0.15, 0.2) is 0 Å². The average Bonchev–Trinajstić information content (AvgIpc) is 2.20. The molecule has 6 heteroatoms. The minimum atomic E-state index is -0.864. The second-order valence-corrected chi connectivity index (χ2v) is 3.75. The van der Waals surface area contributed by atoms with Gasteiger partial charge in [0.05, 0.1) is 26.2 Å². The molecule has 1 atom stereocenters. The van der Waals surface area contributed by atoms with Gasteiger partial charge >= 0.3 is 5.97 Å². The largest absolute Gasteiger partial charge is 0.481 e. The predicted octanol–water partition coefficient (Wildman–Crippen LogP) is -0.702.